The summed E-state index contributed by atoms with van der Waals surface area (Å²) in [5.41, 5.74) is -2.53. The Kier molecular flexibility index (Phi) is 3.48. The van der Waals surface area contributed by atoms with Crippen molar-refractivity contribution in [2.45, 2.75) is 6.43 Å². The summed E-state index contributed by atoms with van der Waals surface area (Å²) in [7, 11) is 0. The number of rotatable bonds is 3. The molecule has 6 nitrogen and oxygen atoms in total. The molecule has 0 saturated carbocycles. The fourth-order valence-corrected chi connectivity index (χ4v) is 1.44. The molecule has 9 heteroatoms. The third-order valence-electron chi connectivity index (χ3n) is 1.59. The van der Waals surface area contributed by atoms with E-state index < -0.39 is 38.9 Å². The number of alkyl halides is 2. The van der Waals surface area contributed by atoms with Gasteiger partial charge in [0.1, 0.15) is 10.2 Å². The maximum atomic E-state index is 12.4. The molecule has 0 atom stereocenters. The predicted octanol–water partition coefficient (Wildman–Crippen LogP) is 2.39. The van der Waals surface area contributed by atoms with Crippen molar-refractivity contribution in [1.29, 1.82) is 0 Å². The molecular formula is C7H3BrF2N2O4. The Bertz CT molecular complexity index is 466. The zero-order chi connectivity index (χ0) is 12.5. The van der Waals surface area contributed by atoms with Crippen molar-refractivity contribution in [2.24, 2.45) is 0 Å². The lowest BCUT2D eigenvalue weighted by Gasteiger charge is -2.04. The third-order valence-corrected chi connectivity index (χ3v) is 2.40. The smallest absolute Gasteiger partial charge is 0.354 e. The van der Waals surface area contributed by atoms with Gasteiger partial charge in [-0.1, -0.05) is 0 Å². The number of pyridine rings is 1. The molecule has 1 N–H and O–H groups in total. The summed E-state index contributed by atoms with van der Waals surface area (Å²) in [6.45, 7) is 0. The summed E-state index contributed by atoms with van der Waals surface area (Å²) >= 11 is 2.59. The zero-order valence-corrected chi connectivity index (χ0v) is 8.94. The molecule has 0 bridgehead atoms. The highest BCUT2D eigenvalue weighted by molar-refractivity contribution is 9.10. The van der Waals surface area contributed by atoms with E-state index in [1.807, 2.05) is 0 Å². The van der Waals surface area contributed by atoms with E-state index >= 15 is 0 Å². The van der Waals surface area contributed by atoms with Crippen molar-refractivity contribution >= 4 is 27.6 Å². The third kappa shape index (κ3) is 2.30. The zero-order valence-electron chi connectivity index (χ0n) is 7.35. The van der Waals surface area contributed by atoms with Crippen molar-refractivity contribution in [1.82, 2.24) is 4.98 Å². The van der Waals surface area contributed by atoms with Gasteiger partial charge in [-0.15, -0.1) is 0 Å². The fourth-order valence-electron chi connectivity index (χ4n) is 0.922. The maximum Gasteiger partial charge on any atom is 0.354 e. The first kappa shape index (κ1) is 12.4. The Morgan fingerprint density at radius 3 is 2.56 bits per heavy atom. The molecule has 0 spiro atoms. The van der Waals surface area contributed by atoms with Crippen molar-refractivity contribution in [3.8, 4) is 0 Å². The van der Waals surface area contributed by atoms with Crippen LogP contribution in [0, 0.1) is 10.1 Å². The number of carbonyl (C=O) groups is 1. The number of nitro groups is 1. The van der Waals surface area contributed by atoms with Gasteiger partial charge >= 0.3 is 5.97 Å². The number of hydrogen-bond acceptors (Lipinski definition) is 4. The summed E-state index contributed by atoms with van der Waals surface area (Å²) in [5.74, 6) is -1.61. The van der Waals surface area contributed by atoms with Crippen LogP contribution in [0.4, 0.5) is 14.5 Å². The minimum absolute atomic E-state index is 0.516. The lowest BCUT2D eigenvalue weighted by atomic mass is 10.2. The molecular weight excluding hydrogens is 294 g/mol. The molecule has 0 saturated heterocycles. The second-order valence-electron chi connectivity index (χ2n) is 2.59. The van der Waals surface area contributed by atoms with E-state index in [1.165, 1.54) is 0 Å². The first-order chi connectivity index (χ1) is 7.34. The van der Waals surface area contributed by atoms with E-state index in [4.69, 9.17) is 5.11 Å². The largest absolute Gasteiger partial charge is 0.477 e. The molecule has 0 aliphatic heterocycles. The van der Waals surface area contributed by atoms with Gasteiger partial charge in [0.25, 0.3) is 12.1 Å². The van der Waals surface area contributed by atoms with Crippen LogP contribution in [0.1, 0.15) is 22.6 Å². The van der Waals surface area contributed by atoms with E-state index in [9.17, 15) is 23.7 Å². The van der Waals surface area contributed by atoms with Gasteiger partial charge in [-0.05, 0) is 15.9 Å². The average molecular weight is 297 g/mol. The Morgan fingerprint density at radius 2 is 2.19 bits per heavy atom. The van der Waals surface area contributed by atoms with Crippen molar-refractivity contribution in [3.63, 3.8) is 0 Å². The Labute approximate surface area is 95.2 Å². The molecule has 1 heterocycles. The van der Waals surface area contributed by atoms with Gasteiger partial charge in [-0.3, -0.25) is 10.1 Å². The van der Waals surface area contributed by atoms with Crippen molar-refractivity contribution < 1.29 is 23.6 Å². The molecule has 0 amide bonds. The lowest BCUT2D eigenvalue weighted by molar-refractivity contribution is -0.385. The van der Waals surface area contributed by atoms with Crippen LogP contribution in [-0.4, -0.2) is 21.0 Å². The van der Waals surface area contributed by atoms with Crippen LogP contribution in [0.25, 0.3) is 0 Å². The predicted molar refractivity (Wildman–Crippen MR) is 50.5 cm³/mol. The standard InChI is InChI=1S/C7H3BrF2N2O4/c8-4-3(12(15)16)1-2(7(13)14)11-5(4)6(9)10/h1,6H,(H,13,14). The van der Waals surface area contributed by atoms with E-state index in [0.29, 0.717) is 6.07 Å². The number of nitrogens with zero attached hydrogens (tertiary/aromatic N) is 2. The monoisotopic (exact) mass is 296 g/mol. The van der Waals surface area contributed by atoms with Gasteiger partial charge in [0.05, 0.1) is 11.0 Å². The van der Waals surface area contributed by atoms with Crippen LogP contribution in [-0.2, 0) is 0 Å². The van der Waals surface area contributed by atoms with Gasteiger partial charge in [0.15, 0.2) is 5.69 Å². The van der Waals surface area contributed by atoms with Crippen LogP contribution in [0.3, 0.4) is 0 Å². The molecule has 16 heavy (non-hydrogen) atoms. The second-order valence-corrected chi connectivity index (χ2v) is 3.38. The highest BCUT2D eigenvalue weighted by Crippen LogP contribution is 2.33. The van der Waals surface area contributed by atoms with E-state index in [2.05, 4.69) is 20.9 Å². The molecule has 1 rings (SSSR count). The number of aromatic carboxylic acids is 1. The fraction of sp³-hybridized carbons (Fsp3) is 0.143. The van der Waals surface area contributed by atoms with E-state index in [1.54, 1.807) is 0 Å². The van der Waals surface area contributed by atoms with Gasteiger partial charge in [0, 0.05) is 0 Å². The number of carboxylic acids is 1. The Hall–Kier alpha value is -1.64. The van der Waals surface area contributed by atoms with Crippen molar-refractivity contribution in [2.75, 3.05) is 0 Å². The topological polar surface area (TPSA) is 93.3 Å². The van der Waals surface area contributed by atoms with Gasteiger partial charge < -0.3 is 5.11 Å². The van der Waals surface area contributed by atoms with Crippen LogP contribution >= 0.6 is 15.9 Å². The molecule has 0 fully saturated rings. The molecule has 1 aromatic heterocycles. The second kappa shape index (κ2) is 4.47. The average Bonchev–Trinajstić information content (AvgIpc) is 2.16. The molecule has 0 unspecified atom stereocenters. The SMILES string of the molecule is O=C(O)c1cc([N+](=O)[O-])c(Br)c(C(F)F)n1. The summed E-state index contributed by atoms with van der Waals surface area (Å²) in [4.78, 5) is 23.1. The Morgan fingerprint density at radius 1 is 1.62 bits per heavy atom. The van der Waals surface area contributed by atoms with Crippen LogP contribution in [0.2, 0.25) is 0 Å². The van der Waals surface area contributed by atoms with Crippen molar-refractivity contribution in [3.05, 3.63) is 32.0 Å². The number of carboxylic acid groups (broad SMARTS) is 1. The summed E-state index contributed by atoms with van der Waals surface area (Å²) < 4.78 is 24.3. The number of aromatic nitrogens is 1. The van der Waals surface area contributed by atoms with Crippen LogP contribution < -0.4 is 0 Å². The molecule has 0 aliphatic carbocycles. The van der Waals surface area contributed by atoms with Gasteiger partial charge in [-0.2, -0.15) is 0 Å². The summed E-state index contributed by atoms with van der Waals surface area (Å²) in [5, 5.41) is 19.0. The minimum Gasteiger partial charge on any atom is -0.477 e. The van der Waals surface area contributed by atoms with E-state index in [0.717, 1.165) is 0 Å². The maximum absolute atomic E-state index is 12.4. The first-order valence-electron chi connectivity index (χ1n) is 3.71. The molecule has 0 aromatic carbocycles. The minimum atomic E-state index is -3.10. The van der Waals surface area contributed by atoms with Gasteiger partial charge in [0.2, 0.25) is 0 Å². The molecule has 86 valence electrons. The number of hydrogen-bond donors (Lipinski definition) is 1. The number of halogens is 3. The van der Waals surface area contributed by atoms with E-state index in [-0.39, 0.29) is 0 Å². The molecule has 0 aliphatic rings. The highest BCUT2D eigenvalue weighted by Gasteiger charge is 2.26. The van der Waals surface area contributed by atoms with Crippen LogP contribution in [0.5, 0.6) is 0 Å². The summed E-state index contributed by atoms with van der Waals surface area (Å²) in [6, 6.07) is 0.609. The van der Waals surface area contributed by atoms with Crippen LogP contribution in [0.15, 0.2) is 10.5 Å². The first-order valence-corrected chi connectivity index (χ1v) is 4.50. The summed E-state index contributed by atoms with van der Waals surface area (Å²) in [6.07, 6.45) is -3.10. The van der Waals surface area contributed by atoms with Gasteiger partial charge in [-0.25, -0.2) is 18.6 Å². The molecule has 1 aromatic rings. The normalized spacial score (nSPS) is 10.5. The quantitative estimate of drug-likeness (QED) is 0.683. The lowest BCUT2D eigenvalue weighted by Crippen LogP contribution is -2.06. The Balaban J connectivity index is 3.51. The highest BCUT2D eigenvalue weighted by atomic mass is 79.9. The molecule has 0 radical (unpaired) electrons.